The second-order valence-corrected chi connectivity index (χ2v) is 13.0. The predicted octanol–water partition coefficient (Wildman–Crippen LogP) is 3.68. The first-order valence-electron chi connectivity index (χ1n) is 15.9. The lowest BCUT2D eigenvalue weighted by Gasteiger charge is -2.23. The molecule has 1 aliphatic carbocycles. The second kappa shape index (κ2) is 10.3. The van der Waals surface area contributed by atoms with Crippen molar-refractivity contribution in [2.24, 2.45) is 18.7 Å². The Labute approximate surface area is 255 Å². The van der Waals surface area contributed by atoms with Gasteiger partial charge in [-0.1, -0.05) is 0 Å². The van der Waals surface area contributed by atoms with E-state index < -0.39 is 0 Å². The van der Waals surface area contributed by atoms with Crippen molar-refractivity contribution in [2.75, 3.05) is 13.7 Å². The van der Waals surface area contributed by atoms with Gasteiger partial charge in [0.25, 0.3) is 5.91 Å². The normalized spacial score (nSPS) is 28.4. The van der Waals surface area contributed by atoms with Gasteiger partial charge in [-0.3, -0.25) is 9.59 Å². The van der Waals surface area contributed by atoms with E-state index in [1.54, 1.807) is 7.11 Å². The van der Waals surface area contributed by atoms with Gasteiger partial charge >= 0.3 is 0 Å². The Morgan fingerprint density at radius 1 is 1.14 bits per heavy atom. The summed E-state index contributed by atoms with van der Waals surface area (Å²) in [5, 5.41) is 4.14. The third kappa shape index (κ3) is 4.31. The fraction of sp³-hybridized carbons (Fsp3) is 0.515. The largest absolute Gasteiger partial charge is 0.494 e. The number of nitrogens with one attached hydrogen (secondary N) is 1. The minimum Gasteiger partial charge on any atom is -0.494 e. The van der Waals surface area contributed by atoms with Gasteiger partial charge in [0.2, 0.25) is 5.91 Å². The van der Waals surface area contributed by atoms with Crippen molar-refractivity contribution in [3.8, 4) is 17.3 Å². The van der Waals surface area contributed by atoms with E-state index in [-0.39, 0.29) is 48.0 Å². The van der Waals surface area contributed by atoms with E-state index in [9.17, 15) is 9.59 Å². The van der Waals surface area contributed by atoms with Gasteiger partial charge in [-0.15, -0.1) is 0 Å². The van der Waals surface area contributed by atoms with E-state index in [0.29, 0.717) is 23.4 Å². The SMILES string of the molecule is COc1cc(C(=O)N2[C@H]3CC[C@@H]2[C@H](N)C3)cc2nc(-c3cc4ccc5nc4n3CCCCO[C@@H]3C[C@H]3C(=O)N[C@@H]5C)n(C)c12. The van der Waals surface area contributed by atoms with Crippen molar-refractivity contribution >= 4 is 33.9 Å². The van der Waals surface area contributed by atoms with Gasteiger partial charge in [-0.25, -0.2) is 9.97 Å². The molecule has 4 bridgehead atoms. The lowest BCUT2D eigenvalue weighted by Crippen LogP contribution is -2.40. The van der Waals surface area contributed by atoms with Crippen molar-refractivity contribution in [3.05, 3.63) is 41.6 Å². The van der Waals surface area contributed by atoms with E-state index in [0.717, 1.165) is 78.8 Å². The zero-order valence-corrected chi connectivity index (χ0v) is 25.5. The number of rotatable bonds is 3. The molecule has 3 fully saturated rings. The molecule has 2 saturated heterocycles. The Morgan fingerprint density at radius 3 is 2.77 bits per heavy atom. The van der Waals surface area contributed by atoms with Crippen LogP contribution in [0.5, 0.6) is 5.75 Å². The van der Waals surface area contributed by atoms with Crippen molar-refractivity contribution in [3.63, 3.8) is 0 Å². The number of hydrogen-bond donors (Lipinski definition) is 2. The molecule has 1 aromatic carbocycles. The molecule has 11 heteroatoms. The molecule has 6 heterocycles. The number of amides is 2. The molecule has 4 aliphatic rings. The van der Waals surface area contributed by atoms with E-state index in [2.05, 4.69) is 22.0 Å². The molecule has 8 rings (SSSR count). The number of nitrogens with two attached hydrogens (primary N) is 1. The summed E-state index contributed by atoms with van der Waals surface area (Å²) in [4.78, 5) is 38.7. The molecule has 6 atom stereocenters. The topological polar surface area (TPSA) is 130 Å². The molecule has 0 radical (unpaired) electrons. The summed E-state index contributed by atoms with van der Waals surface area (Å²) in [5.74, 6) is 1.35. The number of aryl methyl sites for hydroxylation is 2. The molecular weight excluding hydrogens is 558 g/mol. The maximum absolute atomic E-state index is 13.8. The van der Waals surface area contributed by atoms with Gasteiger partial charge in [-0.2, -0.15) is 0 Å². The van der Waals surface area contributed by atoms with Crippen LogP contribution >= 0.6 is 0 Å². The standard InChI is InChI=1S/C33H39N7O4/c1-17-23-8-6-18-13-26(39(30(18)36-23)10-4-5-11-44-27-16-21(27)32(41)35-17)31-37-24-12-19(14-28(43-3)29(24)38(31)2)33(42)40-20-7-9-25(40)22(34)15-20/h6,8,12-14,17,20-22,25,27H,4-5,7,9-11,15-16,34H2,1-3H3,(H,35,41)/t17-,20+,21-,22-,25-,27-/m1/s1. The molecule has 44 heavy (non-hydrogen) atoms. The number of hydrogen-bond acceptors (Lipinski definition) is 7. The third-order valence-electron chi connectivity index (χ3n) is 10.2. The number of imidazole rings is 1. The summed E-state index contributed by atoms with van der Waals surface area (Å²) in [5.41, 5.74) is 11.1. The van der Waals surface area contributed by atoms with Crippen LogP contribution in [-0.4, -0.2) is 73.8 Å². The zero-order valence-electron chi connectivity index (χ0n) is 25.5. The van der Waals surface area contributed by atoms with E-state index in [1.807, 2.05) is 41.6 Å². The maximum atomic E-state index is 13.8. The average molecular weight is 598 g/mol. The van der Waals surface area contributed by atoms with Crippen molar-refractivity contribution in [1.82, 2.24) is 29.3 Å². The molecule has 3 N–H and O–H groups in total. The molecular formula is C33H39N7O4. The van der Waals surface area contributed by atoms with E-state index >= 15 is 0 Å². The van der Waals surface area contributed by atoms with Crippen molar-refractivity contribution in [2.45, 2.75) is 82.3 Å². The van der Waals surface area contributed by atoms with Crippen LogP contribution in [0.25, 0.3) is 33.6 Å². The fourth-order valence-corrected chi connectivity index (χ4v) is 7.75. The van der Waals surface area contributed by atoms with Gasteiger partial charge in [0.1, 0.15) is 16.9 Å². The van der Waals surface area contributed by atoms with Gasteiger partial charge in [0.15, 0.2) is 5.82 Å². The van der Waals surface area contributed by atoms with Crippen LogP contribution in [0, 0.1) is 5.92 Å². The minimum absolute atomic E-state index is 0.00203. The van der Waals surface area contributed by atoms with Crippen molar-refractivity contribution in [1.29, 1.82) is 0 Å². The quantitative estimate of drug-likeness (QED) is 0.369. The Morgan fingerprint density at radius 2 is 2.00 bits per heavy atom. The van der Waals surface area contributed by atoms with Crippen LogP contribution in [0.4, 0.5) is 0 Å². The number of nitrogens with zero attached hydrogens (tertiary/aromatic N) is 5. The number of pyridine rings is 1. The lowest BCUT2D eigenvalue weighted by atomic mass is 9.97. The fourth-order valence-electron chi connectivity index (χ4n) is 7.75. The van der Waals surface area contributed by atoms with Crippen LogP contribution in [-0.2, 0) is 23.1 Å². The minimum atomic E-state index is -0.223. The summed E-state index contributed by atoms with van der Waals surface area (Å²) in [6.07, 6.45) is 5.41. The molecule has 230 valence electrons. The molecule has 0 spiro atoms. The number of methoxy groups -OCH3 is 1. The van der Waals surface area contributed by atoms with Crippen LogP contribution in [0.15, 0.2) is 30.3 Å². The number of fused-ring (bicyclic) bond motifs is 5. The maximum Gasteiger partial charge on any atom is 0.254 e. The number of carbonyl (C=O) groups is 2. The lowest BCUT2D eigenvalue weighted by molar-refractivity contribution is -0.124. The zero-order chi connectivity index (χ0) is 30.3. The first-order chi connectivity index (χ1) is 21.3. The summed E-state index contributed by atoms with van der Waals surface area (Å²) in [6.45, 7) is 3.35. The van der Waals surface area contributed by atoms with Crippen LogP contribution in [0.2, 0.25) is 0 Å². The highest BCUT2D eigenvalue weighted by molar-refractivity contribution is 6.00. The Kier molecular flexibility index (Phi) is 6.46. The third-order valence-corrected chi connectivity index (χ3v) is 10.2. The Hall–Kier alpha value is -3.96. The first kappa shape index (κ1) is 27.6. The van der Waals surface area contributed by atoms with Crippen LogP contribution in [0.1, 0.15) is 67.5 Å². The second-order valence-electron chi connectivity index (χ2n) is 13.0. The molecule has 2 amide bonds. The van der Waals surface area contributed by atoms with E-state index in [1.165, 1.54) is 0 Å². The number of carbonyl (C=O) groups excluding carboxylic acids is 2. The molecule has 11 nitrogen and oxygen atoms in total. The highest BCUT2D eigenvalue weighted by Gasteiger charge is 2.47. The summed E-state index contributed by atoms with van der Waals surface area (Å²) in [6, 6.07) is 10.0. The van der Waals surface area contributed by atoms with Crippen LogP contribution in [0.3, 0.4) is 0 Å². The van der Waals surface area contributed by atoms with Gasteiger partial charge in [0, 0.05) is 49.3 Å². The molecule has 1 saturated carbocycles. The van der Waals surface area contributed by atoms with Gasteiger partial charge < -0.3 is 34.6 Å². The van der Waals surface area contributed by atoms with Crippen molar-refractivity contribution < 1.29 is 19.1 Å². The summed E-state index contributed by atoms with van der Waals surface area (Å²) >= 11 is 0. The number of aromatic nitrogens is 4. The number of benzene rings is 1. The average Bonchev–Trinajstić information content (AvgIpc) is 3.24. The highest BCUT2D eigenvalue weighted by Crippen LogP contribution is 2.40. The molecule has 4 aromatic rings. The smallest absolute Gasteiger partial charge is 0.254 e. The molecule has 0 unspecified atom stereocenters. The monoisotopic (exact) mass is 597 g/mol. The first-order valence-corrected chi connectivity index (χ1v) is 15.9. The molecule has 3 aliphatic heterocycles. The van der Waals surface area contributed by atoms with E-state index in [4.69, 9.17) is 25.2 Å². The highest BCUT2D eigenvalue weighted by atomic mass is 16.5. The van der Waals surface area contributed by atoms with Crippen LogP contribution < -0.4 is 15.8 Å². The molecule has 3 aromatic heterocycles. The Bertz CT molecular complexity index is 1810. The summed E-state index contributed by atoms with van der Waals surface area (Å²) in [7, 11) is 3.62. The van der Waals surface area contributed by atoms with Gasteiger partial charge in [0.05, 0.1) is 42.1 Å². The Balaban J connectivity index is 1.21. The van der Waals surface area contributed by atoms with Gasteiger partial charge in [-0.05, 0) is 75.8 Å². The predicted molar refractivity (Wildman–Crippen MR) is 165 cm³/mol. The number of ether oxygens (including phenoxy) is 2. The summed E-state index contributed by atoms with van der Waals surface area (Å²) < 4.78 is 16.1.